The molecule has 19 heavy (non-hydrogen) atoms. The predicted octanol–water partition coefficient (Wildman–Crippen LogP) is 3.86. The Bertz CT molecular complexity index is 396. The molecule has 106 valence electrons. The van der Waals surface area contributed by atoms with Gasteiger partial charge in [0.2, 0.25) is 0 Å². The number of aliphatic carboxylic acids is 1. The van der Waals surface area contributed by atoms with Crippen LogP contribution in [0.1, 0.15) is 51.9 Å². The quantitative estimate of drug-likeness (QED) is 0.418. The van der Waals surface area contributed by atoms with Gasteiger partial charge in [0.25, 0.3) is 0 Å². The van der Waals surface area contributed by atoms with E-state index in [0.29, 0.717) is 0 Å². The minimum Gasteiger partial charge on any atom is -0.478 e. The summed E-state index contributed by atoms with van der Waals surface area (Å²) in [5.41, 5.74) is 0.624. The SMILES string of the molecule is CCCCCCCCC1=CC=C(C(=O)O)C(=O)C1Cl. The van der Waals surface area contributed by atoms with E-state index in [-0.39, 0.29) is 5.57 Å². The lowest BCUT2D eigenvalue weighted by atomic mass is 9.93. The van der Waals surface area contributed by atoms with Gasteiger partial charge in [0.15, 0.2) is 5.78 Å². The van der Waals surface area contributed by atoms with Crippen LogP contribution in [0.5, 0.6) is 0 Å². The lowest BCUT2D eigenvalue weighted by molar-refractivity contribution is -0.134. The second-order valence-electron chi connectivity index (χ2n) is 4.87. The molecule has 0 saturated heterocycles. The van der Waals surface area contributed by atoms with Gasteiger partial charge in [-0.25, -0.2) is 4.79 Å². The number of hydrogen-bond donors (Lipinski definition) is 1. The largest absolute Gasteiger partial charge is 0.478 e. The molecule has 0 bridgehead atoms. The van der Waals surface area contributed by atoms with Crippen LogP contribution in [0.25, 0.3) is 0 Å². The fourth-order valence-electron chi connectivity index (χ4n) is 2.16. The van der Waals surface area contributed by atoms with Crippen molar-refractivity contribution in [2.45, 2.75) is 57.2 Å². The molecule has 1 aliphatic rings. The Balaban J connectivity index is 2.42. The molecule has 1 unspecified atom stereocenters. The van der Waals surface area contributed by atoms with E-state index in [2.05, 4.69) is 6.92 Å². The molecular weight excluding hydrogens is 264 g/mol. The van der Waals surface area contributed by atoms with E-state index in [1.807, 2.05) is 0 Å². The van der Waals surface area contributed by atoms with Crippen molar-refractivity contribution in [3.63, 3.8) is 0 Å². The zero-order valence-corrected chi connectivity index (χ0v) is 12.1. The molecule has 0 aromatic carbocycles. The van der Waals surface area contributed by atoms with Crippen LogP contribution in [0.3, 0.4) is 0 Å². The third kappa shape index (κ3) is 4.83. The fraction of sp³-hybridized carbons (Fsp3) is 0.600. The van der Waals surface area contributed by atoms with Gasteiger partial charge in [-0.3, -0.25) is 4.79 Å². The third-order valence-electron chi connectivity index (χ3n) is 3.33. The highest BCUT2D eigenvalue weighted by Crippen LogP contribution is 2.25. The van der Waals surface area contributed by atoms with Gasteiger partial charge in [-0.15, -0.1) is 11.6 Å². The van der Waals surface area contributed by atoms with Crippen LogP contribution in [0.2, 0.25) is 0 Å². The maximum absolute atomic E-state index is 11.7. The molecule has 0 aromatic heterocycles. The van der Waals surface area contributed by atoms with Crippen LogP contribution >= 0.6 is 11.6 Å². The maximum atomic E-state index is 11.7. The number of Topliss-reactive ketones (excluding diaryl/α,β-unsaturated/α-hetero) is 1. The molecule has 1 rings (SSSR count). The van der Waals surface area contributed by atoms with Crippen LogP contribution < -0.4 is 0 Å². The second kappa shape index (κ2) is 8.16. The Hall–Kier alpha value is -1.09. The predicted molar refractivity (Wildman–Crippen MR) is 76.4 cm³/mol. The second-order valence-corrected chi connectivity index (χ2v) is 5.31. The first kappa shape index (κ1) is 16.0. The molecule has 0 heterocycles. The topological polar surface area (TPSA) is 54.4 Å². The van der Waals surface area contributed by atoms with Gasteiger partial charge in [0, 0.05) is 0 Å². The summed E-state index contributed by atoms with van der Waals surface area (Å²) in [4.78, 5) is 22.5. The van der Waals surface area contributed by atoms with Crippen molar-refractivity contribution >= 4 is 23.4 Å². The number of carboxylic acids is 1. The smallest absolute Gasteiger partial charge is 0.339 e. The minimum absolute atomic E-state index is 0.216. The molecule has 0 aliphatic heterocycles. The third-order valence-corrected chi connectivity index (χ3v) is 3.81. The van der Waals surface area contributed by atoms with Gasteiger partial charge in [0.05, 0.1) is 0 Å². The number of carbonyl (C=O) groups excluding carboxylic acids is 1. The molecule has 0 saturated carbocycles. The van der Waals surface area contributed by atoms with Gasteiger partial charge in [0.1, 0.15) is 11.0 Å². The molecule has 0 amide bonds. The number of unbranched alkanes of at least 4 members (excludes halogenated alkanes) is 5. The summed E-state index contributed by atoms with van der Waals surface area (Å²) >= 11 is 6.01. The summed E-state index contributed by atoms with van der Waals surface area (Å²) in [6, 6.07) is 0. The summed E-state index contributed by atoms with van der Waals surface area (Å²) in [5, 5.41) is 8.03. The summed E-state index contributed by atoms with van der Waals surface area (Å²) in [6.07, 6.45) is 10.9. The standard InChI is InChI=1S/C15H21ClO3/c1-2-3-4-5-6-7-8-11-9-10-12(15(18)19)14(17)13(11)16/h9-10,13H,2-8H2,1H3,(H,18,19). The number of halogens is 1. The minimum atomic E-state index is -1.20. The zero-order valence-electron chi connectivity index (χ0n) is 11.3. The molecule has 0 fully saturated rings. The highest BCUT2D eigenvalue weighted by atomic mass is 35.5. The van der Waals surface area contributed by atoms with Crippen molar-refractivity contribution in [3.05, 3.63) is 23.3 Å². The van der Waals surface area contributed by atoms with Crippen molar-refractivity contribution in [1.82, 2.24) is 0 Å². The van der Waals surface area contributed by atoms with E-state index in [4.69, 9.17) is 16.7 Å². The molecule has 0 aromatic rings. The van der Waals surface area contributed by atoms with Crippen LogP contribution in [-0.2, 0) is 9.59 Å². The summed E-state index contributed by atoms with van der Waals surface area (Å²) in [7, 11) is 0. The fourth-order valence-corrected chi connectivity index (χ4v) is 2.46. The van der Waals surface area contributed by atoms with Gasteiger partial charge in [-0.1, -0.05) is 45.1 Å². The molecule has 1 atom stereocenters. The molecule has 1 N–H and O–H groups in total. The Morgan fingerprint density at radius 3 is 2.47 bits per heavy atom. The van der Waals surface area contributed by atoms with E-state index >= 15 is 0 Å². The van der Waals surface area contributed by atoms with Gasteiger partial charge in [-0.05, 0) is 24.5 Å². The first-order valence-electron chi connectivity index (χ1n) is 6.90. The van der Waals surface area contributed by atoms with Crippen LogP contribution in [0.15, 0.2) is 23.3 Å². The first-order valence-corrected chi connectivity index (χ1v) is 7.34. The number of hydrogen-bond acceptors (Lipinski definition) is 2. The summed E-state index contributed by atoms with van der Waals surface area (Å²) < 4.78 is 0. The van der Waals surface area contributed by atoms with Crippen molar-refractivity contribution in [1.29, 1.82) is 0 Å². The normalized spacial score (nSPS) is 19.1. The number of alkyl halides is 1. The zero-order chi connectivity index (χ0) is 14.3. The Labute approximate surface area is 119 Å². The summed E-state index contributed by atoms with van der Waals surface area (Å²) in [5.74, 6) is -1.69. The lowest BCUT2D eigenvalue weighted by Gasteiger charge is -2.17. The highest BCUT2D eigenvalue weighted by Gasteiger charge is 2.29. The van der Waals surface area contributed by atoms with E-state index in [1.165, 1.54) is 31.8 Å². The van der Waals surface area contributed by atoms with E-state index in [0.717, 1.165) is 24.8 Å². The Morgan fingerprint density at radius 2 is 1.84 bits per heavy atom. The van der Waals surface area contributed by atoms with Crippen LogP contribution in [0.4, 0.5) is 0 Å². The maximum Gasteiger partial charge on any atom is 0.339 e. The van der Waals surface area contributed by atoms with Crippen molar-refractivity contribution in [2.24, 2.45) is 0 Å². The average Bonchev–Trinajstić information content (AvgIpc) is 2.38. The number of rotatable bonds is 8. The molecule has 4 heteroatoms. The Kier molecular flexibility index (Phi) is 6.85. The number of allylic oxidation sites excluding steroid dienone is 3. The summed E-state index contributed by atoms with van der Waals surface area (Å²) in [6.45, 7) is 2.18. The molecule has 1 aliphatic carbocycles. The molecule has 0 radical (unpaired) electrons. The van der Waals surface area contributed by atoms with Crippen LogP contribution in [-0.4, -0.2) is 22.2 Å². The lowest BCUT2D eigenvalue weighted by Crippen LogP contribution is -2.26. The van der Waals surface area contributed by atoms with Gasteiger partial charge in [-0.2, -0.15) is 0 Å². The molecule has 0 spiro atoms. The average molecular weight is 285 g/mol. The van der Waals surface area contributed by atoms with E-state index < -0.39 is 17.1 Å². The number of carboxylic acid groups (broad SMARTS) is 1. The van der Waals surface area contributed by atoms with Crippen LogP contribution in [0, 0.1) is 0 Å². The van der Waals surface area contributed by atoms with E-state index in [1.54, 1.807) is 6.08 Å². The highest BCUT2D eigenvalue weighted by molar-refractivity contribution is 6.39. The Morgan fingerprint density at radius 1 is 1.21 bits per heavy atom. The molecular formula is C15H21ClO3. The van der Waals surface area contributed by atoms with Crippen molar-refractivity contribution < 1.29 is 14.7 Å². The van der Waals surface area contributed by atoms with Gasteiger partial charge < -0.3 is 5.11 Å². The first-order chi connectivity index (χ1) is 9.07. The molecule has 3 nitrogen and oxygen atoms in total. The van der Waals surface area contributed by atoms with Crippen molar-refractivity contribution in [2.75, 3.05) is 0 Å². The number of carbonyl (C=O) groups is 2. The monoisotopic (exact) mass is 284 g/mol. The number of ketones is 1. The van der Waals surface area contributed by atoms with Gasteiger partial charge >= 0.3 is 5.97 Å². The van der Waals surface area contributed by atoms with Crippen molar-refractivity contribution in [3.8, 4) is 0 Å². The van der Waals surface area contributed by atoms with E-state index in [9.17, 15) is 9.59 Å².